The molecule has 0 aromatic heterocycles. The second kappa shape index (κ2) is 9.38. The molecule has 0 bridgehead atoms. The molecule has 1 amide bonds. The highest BCUT2D eigenvalue weighted by Crippen LogP contribution is 2.18. The number of aryl methyl sites for hydroxylation is 1. The molecule has 0 heterocycles. The van der Waals surface area contributed by atoms with E-state index in [4.69, 9.17) is 9.47 Å². The van der Waals surface area contributed by atoms with Crippen LogP contribution in [0.3, 0.4) is 0 Å². The Morgan fingerprint density at radius 1 is 1.00 bits per heavy atom. The van der Waals surface area contributed by atoms with E-state index in [0.717, 1.165) is 5.56 Å². The summed E-state index contributed by atoms with van der Waals surface area (Å²) in [5.74, 6) is -0.974. The Bertz CT molecular complexity index is 846. The molecule has 0 aliphatic rings. The highest BCUT2D eigenvalue weighted by molar-refractivity contribution is 5.96. The lowest BCUT2D eigenvalue weighted by atomic mass is 10.1. The number of esters is 2. The van der Waals surface area contributed by atoms with Gasteiger partial charge in [0.25, 0.3) is 5.91 Å². The number of carbonyl (C=O) groups is 3. The van der Waals surface area contributed by atoms with E-state index in [1.807, 2.05) is 0 Å². The molecule has 27 heavy (non-hydrogen) atoms. The minimum atomic E-state index is -0.488. The predicted molar refractivity (Wildman–Crippen MR) is 99.0 cm³/mol. The highest BCUT2D eigenvalue weighted by Gasteiger charge is 2.12. The summed E-state index contributed by atoms with van der Waals surface area (Å²) in [7, 11) is 1.29. The van der Waals surface area contributed by atoms with Crippen LogP contribution in [0.5, 0.6) is 5.75 Å². The second-order valence-corrected chi connectivity index (χ2v) is 5.61. The van der Waals surface area contributed by atoms with Gasteiger partial charge in [-0.05, 0) is 49.7 Å². The van der Waals surface area contributed by atoms with Crippen molar-refractivity contribution in [1.29, 1.82) is 0 Å². The van der Waals surface area contributed by atoms with Gasteiger partial charge in [0.05, 0.1) is 24.8 Å². The van der Waals surface area contributed by atoms with E-state index in [1.165, 1.54) is 13.2 Å². The Kier molecular flexibility index (Phi) is 6.93. The lowest BCUT2D eigenvalue weighted by molar-refractivity contribution is -0.118. The third-order valence-electron chi connectivity index (χ3n) is 3.65. The van der Waals surface area contributed by atoms with Crippen LogP contribution in [0, 0.1) is 6.92 Å². The topological polar surface area (TPSA) is 90.9 Å². The van der Waals surface area contributed by atoms with Crippen LogP contribution in [0.4, 0.5) is 5.69 Å². The third-order valence-corrected chi connectivity index (χ3v) is 3.65. The summed E-state index contributed by atoms with van der Waals surface area (Å²) in [5, 5.41) is 2.69. The molecule has 2 rings (SSSR count). The standard InChI is InChI=1S/C20H21NO6/c1-4-26-20(24)14-6-5-7-16(10-14)27-12-18(22)21-17-11-15(19(23)25-3)9-8-13(17)2/h5-11H,4,12H2,1-3H3,(H,21,22). The van der Waals surface area contributed by atoms with Crippen molar-refractivity contribution in [1.82, 2.24) is 0 Å². The summed E-state index contributed by atoms with van der Waals surface area (Å²) in [4.78, 5) is 35.5. The fourth-order valence-corrected chi connectivity index (χ4v) is 2.26. The Hall–Kier alpha value is -3.35. The number of methoxy groups -OCH3 is 1. The van der Waals surface area contributed by atoms with E-state index in [2.05, 4.69) is 10.1 Å². The van der Waals surface area contributed by atoms with Gasteiger partial charge in [0.1, 0.15) is 5.75 Å². The predicted octanol–water partition coefficient (Wildman–Crippen LogP) is 2.98. The molecule has 0 atom stereocenters. The maximum Gasteiger partial charge on any atom is 0.338 e. The zero-order valence-corrected chi connectivity index (χ0v) is 15.4. The summed E-state index contributed by atoms with van der Waals surface area (Å²) < 4.78 is 15.0. The van der Waals surface area contributed by atoms with Gasteiger partial charge in [0, 0.05) is 5.69 Å². The van der Waals surface area contributed by atoms with Gasteiger partial charge in [-0.2, -0.15) is 0 Å². The molecule has 7 nitrogen and oxygen atoms in total. The number of amides is 1. The van der Waals surface area contributed by atoms with E-state index in [-0.39, 0.29) is 13.2 Å². The third kappa shape index (κ3) is 5.57. The minimum Gasteiger partial charge on any atom is -0.484 e. The van der Waals surface area contributed by atoms with Crippen LogP contribution < -0.4 is 10.1 Å². The number of hydrogen-bond acceptors (Lipinski definition) is 6. The first kappa shape index (κ1) is 20.0. The molecule has 1 N–H and O–H groups in total. The molecule has 0 radical (unpaired) electrons. The highest BCUT2D eigenvalue weighted by atomic mass is 16.5. The van der Waals surface area contributed by atoms with Gasteiger partial charge in [-0.25, -0.2) is 9.59 Å². The monoisotopic (exact) mass is 371 g/mol. The fourth-order valence-electron chi connectivity index (χ4n) is 2.26. The lowest BCUT2D eigenvalue weighted by Crippen LogP contribution is -2.21. The molecule has 0 saturated heterocycles. The number of nitrogens with one attached hydrogen (secondary N) is 1. The van der Waals surface area contributed by atoms with Crippen molar-refractivity contribution in [2.24, 2.45) is 0 Å². The summed E-state index contributed by atoms with van der Waals surface area (Å²) in [6.45, 7) is 3.55. The van der Waals surface area contributed by atoms with Crippen molar-refractivity contribution in [2.45, 2.75) is 13.8 Å². The van der Waals surface area contributed by atoms with Gasteiger partial charge in [0.15, 0.2) is 6.61 Å². The molecule has 0 saturated carbocycles. The van der Waals surface area contributed by atoms with E-state index >= 15 is 0 Å². The average molecular weight is 371 g/mol. The second-order valence-electron chi connectivity index (χ2n) is 5.61. The zero-order valence-electron chi connectivity index (χ0n) is 15.4. The molecule has 0 spiro atoms. The first-order chi connectivity index (χ1) is 12.9. The van der Waals surface area contributed by atoms with Crippen molar-refractivity contribution in [3.63, 3.8) is 0 Å². The Morgan fingerprint density at radius 2 is 1.74 bits per heavy atom. The first-order valence-electron chi connectivity index (χ1n) is 8.33. The van der Waals surface area contributed by atoms with E-state index < -0.39 is 17.8 Å². The summed E-state index contributed by atoms with van der Waals surface area (Å²) in [6, 6.07) is 11.3. The number of benzene rings is 2. The minimum absolute atomic E-state index is 0.256. The normalized spacial score (nSPS) is 10.0. The molecule has 0 fully saturated rings. The Labute approximate surface area is 157 Å². The first-order valence-corrected chi connectivity index (χ1v) is 8.33. The zero-order chi connectivity index (χ0) is 19.8. The molecular weight excluding hydrogens is 350 g/mol. The molecule has 0 aliphatic heterocycles. The van der Waals surface area contributed by atoms with Crippen molar-refractivity contribution in [3.8, 4) is 5.75 Å². The van der Waals surface area contributed by atoms with Crippen LogP contribution in [0.25, 0.3) is 0 Å². The number of rotatable bonds is 7. The molecular formula is C20H21NO6. The van der Waals surface area contributed by atoms with Gasteiger partial charge in [-0.15, -0.1) is 0 Å². The van der Waals surface area contributed by atoms with Crippen molar-refractivity contribution < 1.29 is 28.6 Å². The molecule has 2 aromatic carbocycles. The van der Waals surface area contributed by atoms with Gasteiger partial charge in [-0.1, -0.05) is 12.1 Å². The van der Waals surface area contributed by atoms with E-state index in [0.29, 0.717) is 22.6 Å². The summed E-state index contributed by atoms with van der Waals surface area (Å²) in [5.41, 5.74) is 1.96. The number of anilines is 1. The van der Waals surface area contributed by atoms with Crippen LogP contribution in [0.15, 0.2) is 42.5 Å². The van der Waals surface area contributed by atoms with Gasteiger partial charge in [-0.3, -0.25) is 4.79 Å². The fraction of sp³-hybridized carbons (Fsp3) is 0.250. The molecule has 142 valence electrons. The molecule has 0 unspecified atom stereocenters. The number of ether oxygens (including phenoxy) is 3. The number of carbonyl (C=O) groups excluding carboxylic acids is 3. The summed E-state index contributed by atoms with van der Waals surface area (Å²) in [6.07, 6.45) is 0. The van der Waals surface area contributed by atoms with Gasteiger partial charge >= 0.3 is 11.9 Å². The molecule has 2 aromatic rings. The van der Waals surface area contributed by atoms with Gasteiger partial charge < -0.3 is 19.5 Å². The average Bonchev–Trinajstić information content (AvgIpc) is 2.68. The smallest absolute Gasteiger partial charge is 0.338 e. The van der Waals surface area contributed by atoms with E-state index in [1.54, 1.807) is 50.2 Å². The molecule has 7 heteroatoms. The van der Waals surface area contributed by atoms with Crippen LogP contribution in [-0.4, -0.2) is 38.2 Å². The van der Waals surface area contributed by atoms with Gasteiger partial charge in [0.2, 0.25) is 0 Å². The van der Waals surface area contributed by atoms with Crippen molar-refractivity contribution in [2.75, 3.05) is 25.6 Å². The quantitative estimate of drug-likeness (QED) is 0.753. The van der Waals surface area contributed by atoms with Crippen LogP contribution in [-0.2, 0) is 14.3 Å². The number of hydrogen-bond donors (Lipinski definition) is 1. The Balaban J connectivity index is 2.00. The maximum absolute atomic E-state index is 12.2. The van der Waals surface area contributed by atoms with Crippen LogP contribution in [0.1, 0.15) is 33.2 Å². The largest absolute Gasteiger partial charge is 0.484 e. The van der Waals surface area contributed by atoms with Crippen molar-refractivity contribution >= 4 is 23.5 Å². The molecule has 0 aliphatic carbocycles. The maximum atomic E-state index is 12.2. The van der Waals surface area contributed by atoms with Crippen LogP contribution >= 0.6 is 0 Å². The van der Waals surface area contributed by atoms with E-state index in [9.17, 15) is 14.4 Å². The van der Waals surface area contributed by atoms with Crippen LogP contribution in [0.2, 0.25) is 0 Å². The summed E-state index contributed by atoms with van der Waals surface area (Å²) >= 11 is 0. The Morgan fingerprint density at radius 3 is 2.44 bits per heavy atom. The van der Waals surface area contributed by atoms with Crippen molar-refractivity contribution in [3.05, 3.63) is 59.2 Å². The SMILES string of the molecule is CCOC(=O)c1cccc(OCC(=O)Nc2cc(C(=O)OC)ccc2C)c1. The lowest BCUT2D eigenvalue weighted by Gasteiger charge is -2.11.